The maximum absolute atomic E-state index is 12.3. The van der Waals surface area contributed by atoms with E-state index in [1.165, 1.54) is 0 Å². The second kappa shape index (κ2) is 5.08. The summed E-state index contributed by atoms with van der Waals surface area (Å²) in [6.45, 7) is 3.66. The Balaban J connectivity index is 1.78. The standard InChI is InChI=1S/C15H19N3O3S/c1-11-12(18-7-4-3-5-13(18)16-11)9-14(19)17-15(2)6-8-22(20,21)10-15/h3-5,7H,6,8-10H2,1-2H3,(H,17,19)/t15-/m0/s1. The molecule has 7 heteroatoms. The lowest BCUT2D eigenvalue weighted by atomic mass is 10.0. The minimum atomic E-state index is -3.04. The Morgan fingerprint density at radius 1 is 1.45 bits per heavy atom. The van der Waals surface area contributed by atoms with Gasteiger partial charge in [0, 0.05) is 6.20 Å². The van der Waals surface area contributed by atoms with Gasteiger partial charge in [-0.3, -0.25) is 4.79 Å². The number of hydrogen-bond donors (Lipinski definition) is 1. The predicted octanol–water partition coefficient (Wildman–Crippen LogP) is 0.879. The molecule has 22 heavy (non-hydrogen) atoms. The average molecular weight is 321 g/mol. The molecule has 1 amide bonds. The summed E-state index contributed by atoms with van der Waals surface area (Å²) >= 11 is 0. The van der Waals surface area contributed by atoms with E-state index in [1.807, 2.05) is 35.7 Å². The van der Waals surface area contributed by atoms with Crippen LogP contribution in [0.1, 0.15) is 24.7 Å². The molecule has 118 valence electrons. The summed E-state index contributed by atoms with van der Waals surface area (Å²) < 4.78 is 25.1. The lowest BCUT2D eigenvalue weighted by molar-refractivity contribution is -0.122. The molecule has 2 aromatic rings. The number of fused-ring (bicyclic) bond motifs is 1. The highest BCUT2D eigenvalue weighted by atomic mass is 32.2. The molecular weight excluding hydrogens is 302 g/mol. The average Bonchev–Trinajstić information content (AvgIpc) is 2.87. The van der Waals surface area contributed by atoms with E-state index in [-0.39, 0.29) is 23.8 Å². The van der Waals surface area contributed by atoms with Gasteiger partial charge in [0.2, 0.25) is 5.91 Å². The van der Waals surface area contributed by atoms with Crippen molar-refractivity contribution in [2.45, 2.75) is 32.2 Å². The number of carbonyl (C=O) groups excluding carboxylic acids is 1. The van der Waals surface area contributed by atoms with Gasteiger partial charge in [-0.15, -0.1) is 0 Å². The first-order valence-corrected chi connectivity index (χ1v) is 9.04. The van der Waals surface area contributed by atoms with Crippen molar-refractivity contribution in [1.82, 2.24) is 14.7 Å². The van der Waals surface area contributed by atoms with Crippen molar-refractivity contribution in [2.75, 3.05) is 11.5 Å². The number of aromatic nitrogens is 2. The molecule has 1 aliphatic rings. The van der Waals surface area contributed by atoms with E-state index >= 15 is 0 Å². The van der Waals surface area contributed by atoms with Crippen molar-refractivity contribution in [2.24, 2.45) is 0 Å². The minimum absolute atomic E-state index is 0.0118. The number of imidazole rings is 1. The molecule has 6 nitrogen and oxygen atoms in total. The number of carbonyl (C=O) groups is 1. The Morgan fingerprint density at radius 2 is 2.23 bits per heavy atom. The molecule has 1 aliphatic heterocycles. The number of amides is 1. The molecule has 0 aliphatic carbocycles. The van der Waals surface area contributed by atoms with E-state index in [0.29, 0.717) is 6.42 Å². The lowest BCUT2D eigenvalue weighted by Gasteiger charge is -2.23. The maximum atomic E-state index is 12.3. The molecule has 1 N–H and O–H groups in total. The first-order chi connectivity index (χ1) is 10.3. The van der Waals surface area contributed by atoms with Gasteiger partial charge >= 0.3 is 0 Å². The topological polar surface area (TPSA) is 80.5 Å². The maximum Gasteiger partial charge on any atom is 0.226 e. The highest BCUT2D eigenvalue weighted by molar-refractivity contribution is 7.91. The molecule has 3 rings (SSSR count). The Labute approximate surface area is 129 Å². The van der Waals surface area contributed by atoms with E-state index in [4.69, 9.17) is 0 Å². The third-order valence-corrected chi connectivity index (χ3v) is 6.00. The van der Waals surface area contributed by atoms with E-state index in [9.17, 15) is 13.2 Å². The van der Waals surface area contributed by atoms with Crippen LogP contribution in [0.15, 0.2) is 24.4 Å². The van der Waals surface area contributed by atoms with Gasteiger partial charge in [-0.25, -0.2) is 13.4 Å². The van der Waals surface area contributed by atoms with E-state index < -0.39 is 15.4 Å². The fourth-order valence-electron chi connectivity index (χ4n) is 3.02. The monoisotopic (exact) mass is 321 g/mol. The highest BCUT2D eigenvalue weighted by Crippen LogP contribution is 2.23. The summed E-state index contributed by atoms with van der Waals surface area (Å²) in [4.78, 5) is 16.8. The number of pyridine rings is 1. The molecule has 1 saturated heterocycles. The van der Waals surface area contributed by atoms with Crippen LogP contribution in [0.25, 0.3) is 5.65 Å². The summed E-state index contributed by atoms with van der Waals surface area (Å²) in [6, 6.07) is 5.68. The minimum Gasteiger partial charge on any atom is -0.350 e. The summed E-state index contributed by atoms with van der Waals surface area (Å²) in [7, 11) is -3.04. The van der Waals surface area contributed by atoms with Crippen molar-refractivity contribution in [3.05, 3.63) is 35.8 Å². The zero-order chi connectivity index (χ0) is 16.0. The van der Waals surface area contributed by atoms with Crippen LogP contribution in [0.5, 0.6) is 0 Å². The molecule has 1 fully saturated rings. The zero-order valence-electron chi connectivity index (χ0n) is 12.7. The second-order valence-corrected chi connectivity index (χ2v) is 8.38. The summed E-state index contributed by atoms with van der Waals surface area (Å²) in [5, 5.41) is 2.88. The molecule has 0 radical (unpaired) electrons. The normalized spacial score (nSPS) is 23.7. The number of hydrogen-bond acceptors (Lipinski definition) is 4. The number of sulfone groups is 1. The highest BCUT2D eigenvalue weighted by Gasteiger charge is 2.39. The second-order valence-electron chi connectivity index (χ2n) is 6.20. The predicted molar refractivity (Wildman–Crippen MR) is 83.5 cm³/mol. The quantitative estimate of drug-likeness (QED) is 0.910. The van der Waals surface area contributed by atoms with Crippen molar-refractivity contribution in [3.63, 3.8) is 0 Å². The lowest BCUT2D eigenvalue weighted by Crippen LogP contribution is -2.47. The number of nitrogens with one attached hydrogen (secondary N) is 1. The van der Waals surface area contributed by atoms with Gasteiger partial charge in [0.25, 0.3) is 0 Å². The van der Waals surface area contributed by atoms with Crippen LogP contribution < -0.4 is 5.32 Å². The van der Waals surface area contributed by atoms with Gasteiger partial charge in [0.1, 0.15) is 5.65 Å². The van der Waals surface area contributed by atoms with Gasteiger partial charge < -0.3 is 9.72 Å². The molecule has 3 heterocycles. The van der Waals surface area contributed by atoms with Crippen molar-refractivity contribution < 1.29 is 13.2 Å². The van der Waals surface area contributed by atoms with Crippen LogP contribution in [0.3, 0.4) is 0 Å². The van der Waals surface area contributed by atoms with Gasteiger partial charge in [-0.2, -0.15) is 0 Å². The Kier molecular flexibility index (Phi) is 3.47. The van der Waals surface area contributed by atoms with E-state index in [0.717, 1.165) is 17.0 Å². The van der Waals surface area contributed by atoms with Crippen LogP contribution >= 0.6 is 0 Å². The molecule has 0 spiro atoms. The molecule has 0 bridgehead atoms. The van der Waals surface area contributed by atoms with E-state index in [1.54, 1.807) is 6.92 Å². The van der Waals surface area contributed by atoms with Gasteiger partial charge in [-0.1, -0.05) is 6.07 Å². The fraction of sp³-hybridized carbons (Fsp3) is 0.467. The van der Waals surface area contributed by atoms with Crippen molar-refractivity contribution in [1.29, 1.82) is 0 Å². The molecule has 2 aromatic heterocycles. The van der Waals surface area contributed by atoms with Crippen LogP contribution in [-0.4, -0.2) is 40.8 Å². The smallest absolute Gasteiger partial charge is 0.226 e. The molecule has 0 aromatic carbocycles. The summed E-state index contributed by atoms with van der Waals surface area (Å²) in [6.07, 6.45) is 2.53. The van der Waals surface area contributed by atoms with Crippen LogP contribution in [0, 0.1) is 6.92 Å². The fourth-order valence-corrected chi connectivity index (χ4v) is 5.11. The molecular formula is C15H19N3O3S. The third-order valence-electron chi connectivity index (χ3n) is 4.10. The molecule has 0 saturated carbocycles. The largest absolute Gasteiger partial charge is 0.350 e. The van der Waals surface area contributed by atoms with Crippen LogP contribution in [0.2, 0.25) is 0 Å². The van der Waals surface area contributed by atoms with Crippen molar-refractivity contribution >= 4 is 21.4 Å². The number of aryl methyl sites for hydroxylation is 1. The van der Waals surface area contributed by atoms with Crippen LogP contribution in [0.4, 0.5) is 0 Å². The Morgan fingerprint density at radius 3 is 2.91 bits per heavy atom. The number of rotatable bonds is 3. The number of nitrogens with zero attached hydrogens (tertiary/aromatic N) is 2. The van der Waals surface area contributed by atoms with E-state index in [2.05, 4.69) is 10.3 Å². The van der Waals surface area contributed by atoms with Gasteiger partial charge in [0.05, 0.1) is 34.9 Å². The van der Waals surface area contributed by atoms with Crippen molar-refractivity contribution in [3.8, 4) is 0 Å². The molecule has 1 atom stereocenters. The summed E-state index contributed by atoms with van der Waals surface area (Å²) in [5.41, 5.74) is 1.78. The van der Waals surface area contributed by atoms with Gasteiger partial charge in [-0.05, 0) is 32.4 Å². The molecule has 0 unspecified atom stereocenters. The van der Waals surface area contributed by atoms with Crippen LogP contribution in [-0.2, 0) is 21.1 Å². The SMILES string of the molecule is Cc1nc2ccccn2c1CC(=O)N[C@@]1(C)CCS(=O)(=O)C1. The summed E-state index contributed by atoms with van der Waals surface area (Å²) in [5.74, 6) is -0.0237. The third kappa shape index (κ3) is 2.85. The Bertz CT molecular complexity index is 841. The first kappa shape index (κ1) is 15.0. The van der Waals surface area contributed by atoms with Gasteiger partial charge in [0.15, 0.2) is 9.84 Å². The Hall–Kier alpha value is -1.89. The zero-order valence-corrected chi connectivity index (χ0v) is 13.5. The first-order valence-electron chi connectivity index (χ1n) is 7.22.